The third kappa shape index (κ3) is 27.3. The first-order valence-electron chi connectivity index (χ1n) is 17.9. The molecule has 0 amide bonds. The Balaban J connectivity index is -0.000000163. The molecule has 0 aliphatic carbocycles. The maximum Gasteiger partial charge on any atom is 0.127 e. The fraction of sp³-hybridized carbons (Fsp3) is 0.628. The van der Waals surface area contributed by atoms with Gasteiger partial charge in [0.2, 0.25) is 0 Å². The normalized spacial score (nSPS) is 10.1. The summed E-state index contributed by atoms with van der Waals surface area (Å²) in [6.45, 7) is 44.1. The first kappa shape index (κ1) is 55.1. The third-order valence-corrected chi connectivity index (χ3v) is 6.17. The van der Waals surface area contributed by atoms with Gasteiger partial charge in [0.25, 0.3) is 0 Å². The van der Waals surface area contributed by atoms with E-state index in [2.05, 4.69) is 128 Å². The molecule has 6 heteroatoms. The molecule has 4 rings (SSSR count). The molecule has 0 spiro atoms. The minimum Gasteiger partial charge on any atom is -0.364 e. The van der Waals surface area contributed by atoms with Crippen LogP contribution < -0.4 is 0 Å². The van der Waals surface area contributed by atoms with Crippen LogP contribution in [-0.2, 0) is 28.7 Å². The maximum absolute atomic E-state index is 4.69. The van der Waals surface area contributed by atoms with Gasteiger partial charge in [0.05, 0.1) is 12.4 Å². The van der Waals surface area contributed by atoms with Crippen molar-refractivity contribution in [2.45, 2.75) is 174 Å². The molecule has 4 aromatic rings. The highest BCUT2D eigenvalue weighted by atomic mass is 16.5. The van der Waals surface area contributed by atoms with Crippen molar-refractivity contribution in [3.8, 4) is 0 Å². The van der Waals surface area contributed by atoms with Crippen molar-refractivity contribution in [3.05, 3.63) is 95.7 Å². The second-order valence-electron chi connectivity index (χ2n) is 14.2. The number of nitrogens with zero attached hydrogens (tertiary/aromatic N) is 5. The summed E-state index contributed by atoms with van der Waals surface area (Å²) in [5.41, 5.74) is 6.94. The molecular formula is C43H81N5O. The molecule has 0 saturated carbocycles. The van der Waals surface area contributed by atoms with Crippen LogP contribution in [0.25, 0.3) is 0 Å². The summed E-state index contributed by atoms with van der Waals surface area (Å²) in [7, 11) is 1.94. The van der Waals surface area contributed by atoms with E-state index >= 15 is 0 Å². The zero-order chi connectivity index (χ0) is 38.8. The molecule has 0 unspecified atom stereocenters. The standard InChI is InChI=1S/C10H15N.C9H13N.C8H14N2.C7H11NO.4C2H6.CH4/c1-8-5-6-9(7-11-8)10(2,3)4;1-9(2,3)8-5-4-6-10-7-8;1-8(2,3)7-5-9-10(4)6-7;1-7(2,3)6-4-8-9-5-6;4*1-2;/h5-7H,1-4H3;4-7H,1-3H3;5-6H,1-4H3;4-5H,1-3H3;4*1-2H3;1H4. The molecule has 0 fully saturated rings. The Kier molecular flexibility index (Phi) is 32.1. The molecule has 0 atom stereocenters. The van der Waals surface area contributed by atoms with Crippen LogP contribution >= 0.6 is 0 Å². The van der Waals surface area contributed by atoms with Crippen molar-refractivity contribution >= 4 is 0 Å². The zero-order valence-electron chi connectivity index (χ0n) is 35.5. The van der Waals surface area contributed by atoms with Gasteiger partial charge in [0, 0.05) is 43.1 Å². The monoisotopic (exact) mass is 684 g/mol. The molecule has 284 valence electrons. The van der Waals surface area contributed by atoms with Gasteiger partial charge < -0.3 is 4.52 Å². The highest BCUT2D eigenvalue weighted by Gasteiger charge is 2.16. The Morgan fingerprint density at radius 2 is 1.00 bits per heavy atom. The molecule has 4 aromatic heterocycles. The average molecular weight is 684 g/mol. The van der Waals surface area contributed by atoms with Gasteiger partial charge in [-0.05, 0) is 57.4 Å². The summed E-state index contributed by atoms with van der Waals surface area (Å²) in [6, 6.07) is 8.27. The molecule has 0 bridgehead atoms. The number of pyridine rings is 2. The molecule has 6 nitrogen and oxygen atoms in total. The minimum absolute atomic E-state index is 0. The molecule has 0 radical (unpaired) electrons. The fourth-order valence-corrected chi connectivity index (χ4v) is 3.10. The summed E-state index contributed by atoms with van der Waals surface area (Å²) >= 11 is 0. The molecule has 0 aromatic carbocycles. The Labute approximate surface area is 306 Å². The largest absolute Gasteiger partial charge is 0.364 e. The first-order chi connectivity index (χ1) is 22.2. The van der Waals surface area contributed by atoms with E-state index in [-0.39, 0.29) is 29.1 Å². The van der Waals surface area contributed by atoms with Crippen LogP contribution in [0, 0.1) is 6.92 Å². The lowest BCUT2D eigenvalue weighted by Crippen LogP contribution is -2.11. The summed E-state index contributed by atoms with van der Waals surface area (Å²) < 4.78 is 6.52. The Bertz CT molecular complexity index is 1220. The van der Waals surface area contributed by atoms with Gasteiger partial charge >= 0.3 is 0 Å². The lowest BCUT2D eigenvalue weighted by molar-refractivity contribution is 0.416. The van der Waals surface area contributed by atoms with Crippen LogP contribution in [0.3, 0.4) is 0 Å². The van der Waals surface area contributed by atoms with E-state index in [1.54, 1.807) is 18.7 Å². The smallest absolute Gasteiger partial charge is 0.127 e. The van der Waals surface area contributed by atoms with Crippen molar-refractivity contribution < 1.29 is 4.52 Å². The number of hydrogen-bond acceptors (Lipinski definition) is 5. The molecule has 0 aliphatic heterocycles. The van der Waals surface area contributed by atoms with Crippen molar-refractivity contribution in [3.63, 3.8) is 0 Å². The number of aryl methyl sites for hydroxylation is 2. The van der Waals surface area contributed by atoms with Crippen molar-refractivity contribution in [2.24, 2.45) is 7.05 Å². The predicted molar refractivity (Wildman–Crippen MR) is 220 cm³/mol. The van der Waals surface area contributed by atoms with Gasteiger partial charge in [0.1, 0.15) is 6.26 Å². The summed E-state index contributed by atoms with van der Waals surface area (Å²) in [5.74, 6) is 0. The third-order valence-electron chi connectivity index (χ3n) is 6.17. The van der Waals surface area contributed by atoms with Gasteiger partial charge in [-0.2, -0.15) is 5.10 Å². The molecule has 4 heterocycles. The fourth-order valence-electron chi connectivity index (χ4n) is 3.10. The average Bonchev–Trinajstić information content (AvgIpc) is 3.75. The van der Waals surface area contributed by atoms with Crippen LogP contribution in [0.4, 0.5) is 0 Å². The highest BCUT2D eigenvalue weighted by molar-refractivity contribution is 5.20. The van der Waals surface area contributed by atoms with Crippen LogP contribution in [0.1, 0.15) is 174 Å². The van der Waals surface area contributed by atoms with Crippen LogP contribution in [0.15, 0.2) is 72.2 Å². The lowest BCUT2D eigenvalue weighted by Gasteiger charge is -2.17. The quantitative estimate of drug-likeness (QED) is 0.184. The van der Waals surface area contributed by atoms with Gasteiger partial charge in [0.15, 0.2) is 0 Å². The summed E-state index contributed by atoms with van der Waals surface area (Å²) in [6.07, 6.45) is 13.1. The number of aromatic nitrogens is 5. The lowest BCUT2D eigenvalue weighted by atomic mass is 9.88. The van der Waals surface area contributed by atoms with Gasteiger partial charge in [-0.25, -0.2) is 0 Å². The molecule has 0 aliphatic rings. The highest BCUT2D eigenvalue weighted by Crippen LogP contribution is 2.22. The van der Waals surface area contributed by atoms with Crippen molar-refractivity contribution in [1.29, 1.82) is 0 Å². The molecule has 49 heavy (non-hydrogen) atoms. The van der Waals surface area contributed by atoms with Crippen LogP contribution in [-0.4, -0.2) is 24.9 Å². The number of rotatable bonds is 0. The van der Waals surface area contributed by atoms with Gasteiger partial charge in [-0.3, -0.25) is 14.6 Å². The minimum atomic E-state index is 0. The topological polar surface area (TPSA) is 69.6 Å². The summed E-state index contributed by atoms with van der Waals surface area (Å²) in [4.78, 5) is 8.30. The Morgan fingerprint density at radius 3 is 1.22 bits per heavy atom. The van der Waals surface area contributed by atoms with E-state index in [0.29, 0.717) is 0 Å². The Hall–Kier alpha value is -3.28. The molecule has 0 N–H and O–H groups in total. The SMILES string of the molecule is C.CC.CC.CC.CC.CC(C)(C)c1cccnc1.CC(C)(C)c1cnoc1.Cc1ccc(C(C)(C)C)cn1.Cn1cc(C(C)(C)C)cn1. The van der Waals surface area contributed by atoms with E-state index in [0.717, 1.165) is 11.3 Å². The van der Waals surface area contributed by atoms with Gasteiger partial charge in [-0.15, -0.1) is 0 Å². The van der Waals surface area contributed by atoms with Crippen LogP contribution in [0.2, 0.25) is 0 Å². The first-order valence-corrected chi connectivity index (χ1v) is 17.9. The van der Waals surface area contributed by atoms with Crippen molar-refractivity contribution in [1.82, 2.24) is 24.9 Å². The van der Waals surface area contributed by atoms with E-state index in [1.165, 1.54) is 16.7 Å². The molecular weight excluding hydrogens is 603 g/mol. The van der Waals surface area contributed by atoms with E-state index in [4.69, 9.17) is 4.52 Å². The van der Waals surface area contributed by atoms with Crippen LogP contribution in [0.5, 0.6) is 0 Å². The zero-order valence-corrected chi connectivity index (χ0v) is 35.5. The van der Waals surface area contributed by atoms with E-state index in [9.17, 15) is 0 Å². The van der Waals surface area contributed by atoms with Gasteiger partial charge in [-0.1, -0.05) is 163 Å². The predicted octanol–water partition coefficient (Wildman–Crippen LogP) is 13.5. The Morgan fingerprint density at radius 1 is 0.551 bits per heavy atom. The van der Waals surface area contributed by atoms with Crippen molar-refractivity contribution in [2.75, 3.05) is 0 Å². The molecule has 0 saturated heterocycles. The second kappa shape index (κ2) is 28.5. The number of hydrogen-bond donors (Lipinski definition) is 0. The van der Waals surface area contributed by atoms with E-state index < -0.39 is 0 Å². The maximum atomic E-state index is 4.69. The second-order valence-corrected chi connectivity index (χ2v) is 14.2. The van der Waals surface area contributed by atoms with E-state index in [1.807, 2.05) is 98.7 Å². The summed E-state index contributed by atoms with van der Waals surface area (Å²) in [5, 5.41) is 7.71.